The Morgan fingerprint density at radius 3 is 0.464 bits per heavy atom. The maximum Gasteiger partial charge on any atom is 0.485 e. The number of H-pyrrole nitrogens is 2. The molecule has 0 atom stereocenters. The summed E-state index contributed by atoms with van der Waals surface area (Å²) >= 11 is 0. The van der Waals surface area contributed by atoms with Gasteiger partial charge in [-0.3, -0.25) is 17.9 Å². The highest BCUT2D eigenvalue weighted by Crippen LogP contribution is 2.48. The predicted molar refractivity (Wildman–Crippen MR) is 341 cm³/mol. The van der Waals surface area contributed by atoms with E-state index in [4.69, 9.17) is 51.9 Å². The quantitative estimate of drug-likeness (QED) is 0.0470. The van der Waals surface area contributed by atoms with Gasteiger partial charge in [-0.2, -0.15) is 87.8 Å². The van der Waals surface area contributed by atoms with Gasteiger partial charge in [-0.15, -0.1) is 0 Å². The molecule has 9 rings (SSSR count). The predicted octanol–water partition coefficient (Wildman–Crippen LogP) is 14.5. The van der Waals surface area contributed by atoms with Gasteiger partial charge in [0.05, 0.1) is 130 Å². The Kier molecular flexibility index (Phi) is 26.0. The van der Waals surface area contributed by atoms with Gasteiger partial charge in [0.2, 0.25) is 69.3 Å². The Morgan fingerprint density at radius 1 is 0.250 bits per heavy atom. The van der Waals surface area contributed by atoms with Crippen LogP contribution in [0, 0.1) is 93.1 Å². The molecule has 20 nitrogen and oxygen atoms in total. The Hall–Kier alpha value is -9.00. The number of rotatable bonds is 8. The number of nitrogens with one attached hydrogen (secondary N) is 2. The molecule has 3 aromatic heterocycles. The summed E-state index contributed by atoms with van der Waals surface area (Å²) in [4.78, 5) is 13.8. The minimum atomic E-state index is -6.09. The minimum absolute atomic E-state index is 0.675. The summed E-state index contributed by atoms with van der Waals surface area (Å²) in [5, 5.41) is 0. The molecule has 52 heteroatoms. The molecular weight excluding hydrogens is 1680 g/mol. The SMILES string of the molecule is C[N+](C)(C)c1c(F)c(F)c(-c2c3nc(c(-c4c(F)c(F)c([N+](C)(C)C)c(F)c4F)c4ccc([nH]4)c(-c4c(F)c(F)c([N+](C)(C)C)c(F)c4F)c4nc(c(-c5c(F)c(F)c([N+](C)(C)C)c(F)c5F)c5ccc2[nH]5)C=C4)C=C3)c(F)c1F.O=S(=O)([O-])C(F)(F)F.O=S(=O)([O-])C(F)(F)F.O=S(=O)([O-])C(F)(F)F.O=S(=O)([O-])C(F)(F)F. The molecule has 0 saturated carbocycles. The molecule has 0 spiro atoms. The molecule has 0 radical (unpaired) electrons. The van der Waals surface area contributed by atoms with Gasteiger partial charge >= 0.3 is 22.0 Å². The van der Waals surface area contributed by atoms with E-state index in [9.17, 15) is 52.7 Å². The van der Waals surface area contributed by atoms with E-state index in [-0.39, 0.29) is 0 Å². The van der Waals surface area contributed by atoms with Crippen LogP contribution in [0.4, 0.5) is 146 Å². The molecule has 8 bridgehead atoms. The first-order valence-corrected chi connectivity index (χ1v) is 34.5. The Morgan fingerprint density at radius 2 is 0.366 bits per heavy atom. The van der Waals surface area contributed by atoms with Crippen LogP contribution in [0.25, 0.3) is 90.9 Å². The smallest absolute Gasteiger partial charge is 0.485 e. The molecule has 2 N–H and O–H groups in total. The number of benzene rings is 4. The number of hydrogen-bond donors (Lipinski definition) is 2. The highest BCUT2D eigenvalue weighted by Gasteiger charge is 2.44. The number of nitrogens with zero attached hydrogens (tertiary/aromatic N) is 6. The van der Waals surface area contributed by atoms with Crippen LogP contribution in [0.3, 0.4) is 0 Å². The first-order valence-electron chi connectivity index (χ1n) is 28.9. The van der Waals surface area contributed by atoms with Crippen LogP contribution in [-0.4, -0.2) is 178 Å². The second kappa shape index (κ2) is 31.1. The molecule has 4 aromatic carbocycles. The van der Waals surface area contributed by atoms with Crippen molar-refractivity contribution in [1.29, 1.82) is 0 Å². The van der Waals surface area contributed by atoms with Crippen molar-refractivity contribution >= 4 is 110 Å². The Labute approximate surface area is 611 Å². The third-order valence-corrected chi connectivity index (χ3v) is 16.8. The lowest BCUT2D eigenvalue weighted by Crippen LogP contribution is -2.37. The van der Waals surface area contributed by atoms with E-state index in [2.05, 4.69) is 19.9 Å². The maximum atomic E-state index is 16.9. The largest absolute Gasteiger partial charge is 0.741 e. The van der Waals surface area contributed by atoms with E-state index < -0.39 is 286 Å². The van der Waals surface area contributed by atoms with E-state index in [1.165, 1.54) is 84.6 Å². The first-order chi connectivity index (χ1) is 49.9. The number of aromatic nitrogens is 4. The molecule has 0 unspecified atom stereocenters. The Balaban J connectivity index is 0.000000584. The molecule has 112 heavy (non-hydrogen) atoms. The van der Waals surface area contributed by atoms with Gasteiger partial charge in [0, 0.05) is 44.3 Å². The summed E-state index contributed by atoms with van der Waals surface area (Å²) in [5.41, 5.74) is -42.8. The average molecular weight is 1730 g/mol. The van der Waals surface area contributed by atoms with Gasteiger partial charge in [0.1, 0.15) is 0 Å². The van der Waals surface area contributed by atoms with E-state index in [0.29, 0.717) is 0 Å². The zero-order valence-electron chi connectivity index (χ0n) is 57.4. The van der Waals surface area contributed by atoms with Gasteiger partial charge in [-0.05, 0) is 48.6 Å². The summed E-state index contributed by atoms with van der Waals surface area (Å²) in [6.45, 7) is 0. The first kappa shape index (κ1) is 93.6. The van der Waals surface area contributed by atoms with E-state index >= 15 is 70.2 Å². The van der Waals surface area contributed by atoms with E-state index in [0.717, 1.165) is 48.6 Å². The summed E-state index contributed by atoms with van der Waals surface area (Å²) in [6, 6.07) is 3.57. The molecule has 2 aliphatic heterocycles. The van der Waals surface area contributed by atoms with E-state index in [1.807, 2.05) is 0 Å². The van der Waals surface area contributed by atoms with Crippen molar-refractivity contribution in [2.75, 3.05) is 84.6 Å². The summed E-state index contributed by atoms with van der Waals surface area (Å²) in [7, 11) is -10.3. The van der Waals surface area contributed by atoms with Gasteiger partial charge in [-0.25, -0.2) is 78.8 Å². The molecule has 618 valence electrons. The number of quaternary nitrogens is 4. The standard InChI is InChI=1S/C56H46F16N8.4CHF3O3S/c1-77(2,3)53-45(65)37(57)33(38(58)46(53)66)29-21-13-15-23(73-21)30(34-39(59)47(67)54(78(4,5)6)48(68)40(34)60)25-17-19-27(75-25)32(36-43(63)51(71)56(80(10,11)12)52(72)44(36)64)28-20-18-26(76-28)31(24-16-14-22(29)74-24)35-41(61)49(69)55(79(7,8)9)50(70)42(35)62;4*2-1(3,4)8(5,6)7/h13-20,73,76H,1-12H3;4*(H,5,6,7)/q+4;;;;/p-4. The van der Waals surface area contributed by atoms with Crippen LogP contribution in [0.15, 0.2) is 24.3 Å². The van der Waals surface area contributed by atoms with Crippen molar-refractivity contribution in [3.63, 3.8) is 0 Å². The molecule has 0 saturated heterocycles. The molecule has 0 amide bonds. The number of alkyl halides is 12. The highest BCUT2D eigenvalue weighted by molar-refractivity contribution is 7.87. The van der Waals surface area contributed by atoms with Crippen LogP contribution in [0.1, 0.15) is 22.8 Å². The highest BCUT2D eigenvalue weighted by atomic mass is 32.2. The van der Waals surface area contributed by atoms with Gasteiger partial charge in [-0.1, -0.05) is 0 Å². The maximum absolute atomic E-state index is 16.9. The molecule has 5 heterocycles. The summed E-state index contributed by atoms with van der Waals surface area (Å²) < 4.78 is 498. The zero-order chi connectivity index (χ0) is 87.3. The van der Waals surface area contributed by atoms with Crippen molar-refractivity contribution in [2.24, 2.45) is 0 Å². The fourth-order valence-electron chi connectivity index (χ4n) is 9.97. The zero-order valence-corrected chi connectivity index (χ0v) is 60.7. The normalized spacial score (nSPS) is 13.4. The fourth-order valence-corrected chi connectivity index (χ4v) is 9.97. The third kappa shape index (κ3) is 18.9. The second-order valence-corrected chi connectivity index (χ2v) is 31.6. The molecule has 0 fully saturated rings. The Bertz CT molecular complexity index is 4920. The topological polar surface area (TPSA) is 286 Å². The summed E-state index contributed by atoms with van der Waals surface area (Å²) in [5.74, 6) is -32.1. The third-order valence-electron chi connectivity index (χ3n) is 14.5. The number of halogens is 28. The van der Waals surface area contributed by atoms with Crippen LogP contribution in [0.2, 0.25) is 0 Å². The van der Waals surface area contributed by atoms with Crippen LogP contribution in [-0.2, 0) is 40.5 Å². The van der Waals surface area contributed by atoms with Crippen molar-refractivity contribution in [3.8, 4) is 44.5 Å². The average Bonchev–Trinajstić information content (AvgIpc) is 1.69. The minimum Gasteiger partial charge on any atom is -0.741 e. The van der Waals surface area contributed by atoms with Gasteiger partial charge < -0.3 is 28.2 Å². The van der Waals surface area contributed by atoms with Crippen molar-refractivity contribution in [1.82, 2.24) is 37.9 Å². The lowest BCUT2D eigenvalue weighted by Gasteiger charge is -2.25. The number of fused-ring (bicyclic) bond motifs is 8. The fraction of sp³-hybridized carbons (Fsp3) is 0.267. The number of aromatic amines is 2. The molecule has 2 aliphatic rings. The lowest BCUT2D eigenvalue weighted by atomic mass is 10.00. The van der Waals surface area contributed by atoms with Crippen molar-refractivity contribution < 1.29 is 175 Å². The van der Waals surface area contributed by atoms with Crippen molar-refractivity contribution in [3.05, 3.63) is 140 Å². The van der Waals surface area contributed by atoms with Crippen LogP contribution in [0.5, 0.6) is 0 Å². The van der Waals surface area contributed by atoms with Crippen LogP contribution >= 0.6 is 0 Å². The summed E-state index contributed by atoms with van der Waals surface area (Å²) in [6.07, 6.45) is 3.46. The van der Waals surface area contributed by atoms with Gasteiger partial charge in [0.25, 0.3) is 0 Å². The lowest BCUT2D eigenvalue weighted by molar-refractivity contribution is -0.0522. The van der Waals surface area contributed by atoms with Gasteiger partial charge in [0.15, 0.2) is 87.0 Å². The molecule has 0 aliphatic carbocycles. The number of hydrogen-bond acceptors (Lipinski definition) is 14. The van der Waals surface area contributed by atoms with E-state index in [1.54, 1.807) is 0 Å². The molecule has 7 aromatic rings. The molecular formula is C60H46F28N8O12S4. The monoisotopic (exact) mass is 1730 g/mol. The van der Waals surface area contributed by atoms with Crippen molar-refractivity contribution in [2.45, 2.75) is 22.0 Å². The second-order valence-electron chi connectivity index (χ2n) is 26.1. The van der Waals surface area contributed by atoms with Crippen LogP contribution < -0.4 is 17.9 Å².